The molecule has 0 N–H and O–H groups in total. The second kappa shape index (κ2) is 8.82. The van der Waals surface area contributed by atoms with Crippen LogP contribution in [0.3, 0.4) is 0 Å². The van der Waals surface area contributed by atoms with Crippen LogP contribution >= 0.6 is 15.9 Å². The molecule has 3 rings (SSSR count). The zero-order chi connectivity index (χ0) is 19.3. The molecule has 0 unspecified atom stereocenters. The van der Waals surface area contributed by atoms with Gasteiger partial charge in [0.2, 0.25) is 15.9 Å². The summed E-state index contributed by atoms with van der Waals surface area (Å²) in [7, 11) is -3.37. The van der Waals surface area contributed by atoms with Gasteiger partial charge >= 0.3 is 0 Å². The van der Waals surface area contributed by atoms with Crippen LogP contribution in [-0.4, -0.2) is 49.7 Å². The van der Waals surface area contributed by atoms with Crippen LogP contribution in [0, 0.1) is 0 Å². The van der Waals surface area contributed by atoms with E-state index in [1.807, 2.05) is 54.6 Å². The summed E-state index contributed by atoms with van der Waals surface area (Å²) >= 11 is 3.38. The molecule has 7 heteroatoms. The molecule has 0 atom stereocenters. The molecular weight excluding hydrogens is 428 g/mol. The quantitative estimate of drug-likeness (QED) is 0.660. The van der Waals surface area contributed by atoms with Gasteiger partial charge in [0.1, 0.15) is 0 Å². The number of benzene rings is 2. The number of amides is 1. The van der Waals surface area contributed by atoms with E-state index in [-0.39, 0.29) is 11.7 Å². The first-order valence-electron chi connectivity index (χ1n) is 8.68. The van der Waals surface area contributed by atoms with Crippen molar-refractivity contribution in [3.8, 4) is 0 Å². The number of carbonyl (C=O) groups excluding carboxylic acids is 1. The van der Waals surface area contributed by atoms with E-state index in [9.17, 15) is 13.2 Å². The second-order valence-electron chi connectivity index (χ2n) is 6.35. The highest BCUT2D eigenvalue weighted by Crippen LogP contribution is 2.15. The van der Waals surface area contributed by atoms with Gasteiger partial charge in [-0.25, -0.2) is 8.42 Å². The molecule has 1 aliphatic rings. The maximum absolute atomic E-state index is 12.6. The first kappa shape index (κ1) is 19.8. The van der Waals surface area contributed by atoms with Crippen molar-refractivity contribution in [2.45, 2.75) is 5.75 Å². The van der Waals surface area contributed by atoms with Crippen molar-refractivity contribution in [1.29, 1.82) is 0 Å². The SMILES string of the molecule is O=C(/C=C/c1ccc(Br)cc1)N1CCN(S(=O)(=O)Cc2ccccc2)CC1. The van der Waals surface area contributed by atoms with Gasteiger partial charge in [-0.15, -0.1) is 0 Å². The van der Waals surface area contributed by atoms with Gasteiger partial charge in [-0.2, -0.15) is 4.31 Å². The van der Waals surface area contributed by atoms with Crippen LogP contribution in [0.25, 0.3) is 6.08 Å². The molecule has 27 heavy (non-hydrogen) atoms. The van der Waals surface area contributed by atoms with Crippen molar-refractivity contribution in [2.24, 2.45) is 0 Å². The lowest BCUT2D eigenvalue weighted by atomic mass is 10.2. The van der Waals surface area contributed by atoms with Crippen LogP contribution in [0.2, 0.25) is 0 Å². The number of hydrogen-bond donors (Lipinski definition) is 0. The van der Waals surface area contributed by atoms with Gasteiger partial charge in [-0.05, 0) is 29.3 Å². The number of sulfonamides is 1. The molecule has 0 aromatic heterocycles. The van der Waals surface area contributed by atoms with Crippen molar-refractivity contribution in [2.75, 3.05) is 26.2 Å². The summed E-state index contributed by atoms with van der Waals surface area (Å²) < 4.78 is 27.6. The highest BCUT2D eigenvalue weighted by Gasteiger charge is 2.28. The Morgan fingerprint density at radius 2 is 1.59 bits per heavy atom. The molecule has 0 bridgehead atoms. The summed E-state index contributed by atoms with van der Waals surface area (Å²) in [5.74, 6) is -0.108. The molecule has 0 aliphatic carbocycles. The van der Waals surface area contributed by atoms with E-state index in [2.05, 4.69) is 15.9 Å². The lowest BCUT2D eigenvalue weighted by Gasteiger charge is -2.33. The van der Waals surface area contributed by atoms with Crippen molar-refractivity contribution in [3.05, 3.63) is 76.3 Å². The van der Waals surface area contributed by atoms with E-state index in [4.69, 9.17) is 0 Å². The van der Waals surface area contributed by atoms with Gasteiger partial charge in [0.25, 0.3) is 0 Å². The van der Waals surface area contributed by atoms with Crippen LogP contribution in [0.4, 0.5) is 0 Å². The number of hydrogen-bond acceptors (Lipinski definition) is 3. The van der Waals surface area contributed by atoms with E-state index in [0.29, 0.717) is 26.2 Å². The standard InChI is InChI=1S/C20H21BrN2O3S/c21-19-9-6-17(7-10-19)8-11-20(24)22-12-14-23(15-13-22)27(25,26)16-18-4-2-1-3-5-18/h1-11H,12-16H2/b11-8+. The lowest BCUT2D eigenvalue weighted by molar-refractivity contribution is -0.127. The molecule has 0 saturated carbocycles. The van der Waals surface area contributed by atoms with Crippen LogP contribution < -0.4 is 0 Å². The fourth-order valence-corrected chi connectivity index (χ4v) is 4.69. The lowest BCUT2D eigenvalue weighted by Crippen LogP contribution is -2.50. The predicted molar refractivity (Wildman–Crippen MR) is 110 cm³/mol. The largest absolute Gasteiger partial charge is 0.337 e. The molecule has 0 spiro atoms. The maximum Gasteiger partial charge on any atom is 0.246 e. The summed E-state index contributed by atoms with van der Waals surface area (Å²) in [6.07, 6.45) is 3.31. The fourth-order valence-electron chi connectivity index (χ4n) is 2.91. The van der Waals surface area contributed by atoms with Gasteiger partial charge in [-0.3, -0.25) is 4.79 Å². The van der Waals surface area contributed by atoms with E-state index in [1.54, 1.807) is 11.0 Å². The maximum atomic E-state index is 12.6. The highest BCUT2D eigenvalue weighted by atomic mass is 79.9. The highest BCUT2D eigenvalue weighted by molar-refractivity contribution is 9.10. The minimum Gasteiger partial charge on any atom is -0.337 e. The zero-order valence-electron chi connectivity index (χ0n) is 14.8. The summed E-state index contributed by atoms with van der Waals surface area (Å²) in [4.78, 5) is 14.0. The van der Waals surface area contributed by atoms with E-state index in [0.717, 1.165) is 15.6 Å². The molecule has 2 aromatic rings. The van der Waals surface area contributed by atoms with Crippen molar-refractivity contribution < 1.29 is 13.2 Å². The van der Waals surface area contributed by atoms with Crippen LogP contribution in [0.5, 0.6) is 0 Å². The molecule has 1 aliphatic heterocycles. The number of carbonyl (C=O) groups is 1. The molecule has 1 heterocycles. The predicted octanol–water partition coefficient (Wildman–Crippen LogP) is 3.14. The first-order chi connectivity index (χ1) is 12.9. The Hall–Kier alpha value is -1.96. The van der Waals surface area contributed by atoms with Crippen LogP contribution in [0.15, 0.2) is 65.1 Å². The Bertz CT molecular complexity index is 904. The van der Waals surface area contributed by atoms with E-state index >= 15 is 0 Å². The normalized spacial score (nSPS) is 16.0. The Balaban J connectivity index is 1.55. The van der Waals surface area contributed by atoms with Gasteiger partial charge in [-0.1, -0.05) is 58.4 Å². The van der Waals surface area contributed by atoms with E-state index in [1.165, 1.54) is 10.4 Å². The van der Waals surface area contributed by atoms with Crippen LogP contribution in [-0.2, 0) is 20.6 Å². The summed E-state index contributed by atoms with van der Waals surface area (Å²) in [6.45, 7) is 1.45. The zero-order valence-corrected chi connectivity index (χ0v) is 17.2. The van der Waals surface area contributed by atoms with Gasteiger partial charge < -0.3 is 4.90 Å². The van der Waals surface area contributed by atoms with Crippen molar-refractivity contribution in [1.82, 2.24) is 9.21 Å². The monoisotopic (exact) mass is 448 g/mol. The average molecular weight is 449 g/mol. The Morgan fingerprint density at radius 3 is 2.22 bits per heavy atom. The van der Waals surface area contributed by atoms with Crippen molar-refractivity contribution in [3.63, 3.8) is 0 Å². The first-order valence-corrected chi connectivity index (χ1v) is 11.1. The third-order valence-electron chi connectivity index (χ3n) is 4.42. The Morgan fingerprint density at radius 1 is 0.963 bits per heavy atom. The van der Waals surface area contributed by atoms with Crippen LogP contribution in [0.1, 0.15) is 11.1 Å². The number of rotatable bonds is 5. The topological polar surface area (TPSA) is 57.7 Å². The second-order valence-corrected chi connectivity index (χ2v) is 9.24. The Kier molecular flexibility index (Phi) is 6.46. The van der Waals surface area contributed by atoms with Gasteiger partial charge in [0, 0.05) is 36.7 Å². The molecule has 142 valence electrons. The van der Waals surface area contributed by atoms with E-state index < -0.39 is 10.0 Å². The smallest absolute Gasteiger partial charge is 0.246 e. The molecule has 2 aromatic carbocycles. The summed E-state index contributed by atoms with van der Waals surface area (Å²) in [5, 5.41) is 0. The van der Waals surface area contributed by atoms with Gasteiger partial charge in [0.05, 0.1) is 5.75 Å². The molecule has 5 nitrogen and oxygen atoms in total. The molecule has 1 saturated heterocycles. The third kappa shape index (κ3) is 5.51. The number of halogens is 1. The number of nitrogens with zero attached hydrogens (tertiary/aromatic N) is 2. The molecular formula is C20H21BrN2O3S. The van der Waals surface area contributed by atoms with Gasteiger partial charge in [0.15, 0.2) is 0 Å². The number of piperazine rings is 1. The fraction of sp³-hybridized carbons (Fsp3) is 0.250. The molecule has 0 radical (unpaired) electrons. The average Bonchev–Trinajstić information content (AvgIpc) is 2.68. The van der Waals surface area contributed by atoms with Crippen molar-refractivity contribution >= 4 is 37.9 Å². The Labute approximate surface area is 168 Å². The third-order valence-corrected chi connectivity index (χ3v) is 6.80. The minimum absolute atomic E-state index is 0.00867. The summed E-state index contributed by atoms with van der Waals surface area (Å²) in [6, 6.07) is 16.8. The molecule has 1 amide bonds. The summed E-state index contributed by atoms with van der Waals surface area (Å²) in [5.41, 5.74) is 1.71. The minimum atomic E-state index is -3.37. The molecule has 1 fully saturated rings.